The van der Waals surface area contributed by atoms with Crippen LogP contribution >= 0.6 is 0 Å². The van der Waals surface area contributed by atoms with Gasteiger partial charge in [-0.1, -0.05) is 13.8 Å². The third kappa shape index (κ3) is 4.79. The van der Waals surface area contributed by atoms with E-state index in [1.54, 1.807) is 23.2 Å². The van der Waals surface area contributed by atoms with Crippen LogP contribution in [0.2, 0.25) is 0 Å². The molecule has 2 aromatic rings. The molecule has 2 N–H and O–H groups in total. The first-order chi connectivity index (χ1) is 12.6. The third-order valence-corrected chi connectivity index (χ3v) is 4.05. The molecule has 1 fully saturated rings. The van der Waals surface area contributed by atoms with Gasteiger partial charge in [-0.25, -0.2) is 9.36 Å². The van der Waals surface area contributed by atoms with Crippen LogP contribution in [0.25, 0.3) is 5.82 Å². The predicted octanol–water partition coefficient (Wildman–Crippen LogP) is 0.422. The number of morpholine rings is 1. The maximum absolute atomic E-state index is 12.1. The van der Waals surface area contributed by atoms with Gasteiger partial charge in [-0.15, -0.1) is 15.3 Å². The molecule has 0 atom stereocenters. The molecule has 10 nitrogen and oxygen atoms in total. The Bertz CT molecular complexity index is 705. The highest BCUT2D eigenvalue weighted by Crippen LogP contribution is 2.10. The molecule has 0 spiro atoms. The number of rotatable bonds is 7. The van der Waals surface area contributed by atoms with Crippen molar-refractivity contribution in [2.45, 2.75) is 13.8 Å². The monoisotopic (exact) mass is 362 g/mol. The van der Waals surface area contributed by atoms with Crippen LogP contribution < -0.4 is 10.6 Å². The summed E-state index contributed by atoms with van der Waals surface area (Å²) in [5.74, 6) is 1.57. The highest BCUT2D eigenvalue weighted by molar-refractivity contribution is 5.75. The van der Waals surface area contributed by atoms with Crippen molar-refractivity contribution in [2.75, 3.05) is 51.3 Å². The molecule has 2 aromatic heterocycles. The summed E-state index contributed by atoms with van der Waals surface area (Å²) in [7, 11) is 0. The molecule has 0 radical (unpaired) electrons. The summed E-state index contributed by atoms with van der Waals surface area (Å²) in [5, 5.41) is 18.5. The number of anilines is 1. The van der Waals surface area contributed by atoms with Gasteiger partial charge >= 0.3 is 6.03 Å². The first kappa shape index (κ1) is 18.3. The van der Waals surface area contributed by atoms with Crippen LogP contribution in [0, 0.1) is 5.92 Å². The van der Waals surface area contributed by atoms with E-state index >= 15 is 0 Å². The molecule has 0 saturated carbocycles. The van der Waals surface area contributed by atoms with Crippen LogP contribution in [-0.4, -0.2) is 81.4 Å². The summed E-state index contributed by atoms with van der Waals surface area (Å²) in [4.78, 5) is 14.4. The Morgan fingerprint density at radius 1 is 1.35 bits per heavy atom. The molecule has 1 saturated heterocycles. The van der Waals surface area contributed by atoms with E-state index in [4.69, 9.17) is 4.74 Å². The average molecular weight is 362 g/mol. The molecule has 0 aliphatic carbocycles. The zero-order valence-corrected chi connectivity index (χ0v) is 15.3. The number of nitrogens with one attached hydrogen (secondary N) is 2. The van der Waals surface area contributed by atoms with Gasteiger partial charge in [0.25, 0.3) is 0 Å². The van der Waals surface area contributed by atoms with Gasteiger partial charge < -0.3 is 15.4 Å². The third-order valence-electron chi connectivity index (χ3n) is 4.05. The minimum atomic E-state index is -0.250. The Kier molecular flexibility index (Phi) is 6.18. The second-order valence-corrected chi connectivity index (χ2v) is 6.60. The average Bonchev–Trinajstić information content (AvgIpc) is 3.29. The number of amides is 1. The molecule has 3 rings (SSSR count). The summed E-state index contributed by atoms with van der Waals surface area (Å²) in [6, 6.07) is 1.51. The van der Waals surface area contributed by atoms with Gasteiger partial charge in [0.2, 0.25) is 5.95 Å². The number of nitrogens with zero attached hydrogens (tertiary/aromatic N) is 6. The zero-order chi connectivity index (χ0) is 18.4. The van der Waals surface area contributed by atoms with Crippen molar-refractivity contribution in [3.63, 3.8) is 0 Å². The van der Waals surface area contributed by atoms with Crippen molar-refractivity contribution < 1.29 is 9.53 Å². The highest BCUT2D eigenvalue weighted by Gasteiger charge is 2.13. The molecule has 142 valence electrons. The van der Waals surface area contributed by atoms with Crippen LogP contribution in [0.5, 0.6) is 0 Å². The van der Waals surface area contributed by atoms with Gasteiger partial charge in [0.15, 0.2) is 5.82 Å². The van der Waals surface area contributed by atoms with Crippen LogP contribution in [0.4, 0.5) is 10.7 Å². The van der Waals surface area contributed by atoms with E-state index in [0.717, 1.165) is 39.4 Å². The molecule has 0 aromatic carbocycles. The molecule has 1 aliphatic rings. The Labute approximate surface area is 152 Å². The van der Waals surface area contributed by atoms with Crippen LogP contribution in [0.15, 0.2) is 18.6 Å². The summed E-state index contributed by atoms with van der Waals surface area (Å²) >= 11 is 0. The molecule has 0 bridgehead atoms. The summed E-state index contributed by atoms with van der Waals surface area (Å²) in [5.41, 5.74) is 0. The van der Waals surface area contributed by atoms with Crippen molar-refractivity contribution in [3.05, 3.63) is 18.6 Å². The second-order valence-electron chi connectivity index (χ2n) is 6.60. The fourth-order valence-electron chi connectivity index (χ4n) is 2.60. The van der Waals surface area contributed by atoms with E-state index < -0.39 is 0 Å². The quantitative estimate of drug-likeness (QED) is 0.736. The van der Waals surface area contributed by atoms with Crippen molar-refractivity contribution >= 4 is 12.0 Å². The lowest BCUT2D eigenvalue weighted by Crippen LogP contribution is -2.39. The number of carbonyl (C=O) groups is 1. The van der Waals surface area contributed by atoms with E-state index in [-0.39, 0.29) is 6.03 Å². The minimum Gasteiger partial charge on any atom is -0.379 e. The second kappa shape index (κ2) is 8.77. The number of hydrogen-bond acceptors (Lipinski definition) is 7. The Balaban J connectivity index is 1.56. The van der Waals surface area contributed by atoms with Gasteiger partial charge in [-0.05, 0) is 5.92 Å². The largest absolute Gasteiger partial charge is 0.379 e. The fourth-order valence-corrected chi connectivity index (χ4v) is 2.60. The summed E-state index contributed by atoms with van der Waals surface area (Å²) in [6.45, 7) is 9.81. The smallest absolute Gasteiger partial charge is 0.342 e. The highest BCUT2D eigenvalue weighted by atomic mass is 16.5. The predicted molar refractivity (Wildman–Crippen MR) is 96.5 cm³/mol. The van der Waals surface area contributed by atoms with Crippen molar-refractivity contribution in [1.29, 1.82) is 0 Å². The number of hydrogen-bond donors (Lipinski definition) is 2. The lowest BCUT2D eigenvalue weighted by Gasteiger charge is -2.26. The summed E-state index contributed by atoms with van der Waals surface area (Å²) in [6.07, 6.45) is 3.21. The van der Waals surface area contributed by atoms with Crippen LogP contribution in [0.1, 0.15) is 13.8 Å². The molecular formula is C16H26N8O2. The molecule has 3 heterocycles. The summed E-state index contributed by atoms with van der Waals surface area (Å²) < 4.78 is 8.36. The standard InChI is InChI=1S/C16H26N8O2/c1-13(2)11-18-16(25)24-5-3-14(21-24)23-12-19-20-15(23)17-4-6-22-7-9-26-10-8-22/h3,5,12-13H,4,6-11H2,1-2H3,(H,17,20)(H,18,25). The minimum absolute atomic E-state index is 0.250. The normalized spacial score (nSPS) is 15.3. The first-order valence-electron chi connectivity index (χ1n) is 8.91. The topological polar surface area (TPSA) is 102 Å². The Morgan fingerprint density at radius 2 is 2.15 bits per heavy atom. The molecular weight excluding hydrogens is 336 g/mol. The van der Waals surface area contributed by atoms with Crippen LogP contribution in [-0.2, 0) is 4.74 Å². The van der Waals surface area contributed by atoms with E-state index in [0.29, 0.717) is 24.2 Å². The number of aromatic nitrogens is 5. The lowest BCUT2D eigenvalue weighted by atomic mass is 10.2. The van der Waals surface area contributed by atoms with Crippen molar-refractivity contribution in [3.8, 4) is 5.82 Å². The van der Waals surface area contributed by atoms with Gasteiger partial charge in [0.1, 0.15) is 6.33 Å². The first-order valence-corrected chi connectivity index (χ1v) is 8.91. The molecule has 26 heavy (non-hydrogen) atoms. The Hall–Kier alpha value is -2.46. The maximum atomic E-state index is 12.1. The molecule has 1 aliphatic heterocycles. The van der Waals surface area contributed by atoms with E-state index in [1.807, 2.05) is 13.8 Å². The van der Waals surface area contributed by atoms with Crippen molar-refractivity contribution in [1.82, 2.24) is 34.8 Å². The molecule has 1 amide bonds. The van der Waals surface area contributed by atoms with E-state index in [2.05, 4.69) is 30.8 Å². The van der Waals surface area contributed by atoms with Gasteiger partial charge in [-0.3, -0.25) is 4.90 Å². The Morgan fingerprint density at radius 3 is 2.92 bits per heavy atom. The zero-order valence-electron chi connectivity index (χ0n) is 15.3. The number of ether oxygens (including phenoxy) is 1. The van der Waals surface area contributed by atoms with E-state index in [9.17, 15) is 4.79 Å². The van der Waals surface area contributed by atoms with Crippen molar-refractivity contribution in [2.24, 2.45) is 5.92 Å². The maximum Gasteiger partial charge on any atom is 0.342 e. The SMILES string of the molecule is CC(C)CNC(=O)n1ccc(-n2cnnc2NCCN2CCOCC2)n1. The molecule has 10 heteroatoms. The van der Waals surface area contributed by atoms with E-state index in [1.165, 1.54) is 4.68 Å². The van der Waals surface area contributed by atoms with Gasteiger partial charge in [-0.2, -0.15) is 4.68 Å². The lowest BCUT2D eigenvalue weighted by molar-refractivity contribution is 0.0398. The number of carbonyl (C=O) groups excluding carboxylic acids is 1. The molecule has 0 unspecified atom stereocenters. The fraction of sp³-hybridized carbons (Fsp3) is 0.625. The van der Waals surface area contributed by atoms with Crippen LogP contribution in [0.3, 0.4) is 0 Å². The van der Waals surface area contributed by atoms with Gasteiger partial charge in [0, 0.05) is 45.0 Å². The van der Waals surface area contributed by atoms with Gasteiger partial charge in [0.05, 0.1) is 13.2 Å².